The number of carbonyl (C=O) groups excluding carboxylic acids is 4. The minimum absolute atomic E-state index is 0.0160. The molecule has 2 aliphatic carbocycles. The first-order valence-corrected chi connectivity index (χ1v) is 35.6. The van der Waals surface area contributed by atoms with E-state index >= 15 is 9.59 Å². The van der Waals surface area contributed by atoms with E-state index in [9.17, 15) is 14.1 Å². The van der Waals surface area contributed by atoms with Crippen molar-refractivity contribution in [2.45, 2.75) is 185 Å². The topological polar surface area (TPSA) is 174 Å². The van der Waals surface area contributed by atoms with Crippen LogP contribution in [0.1, 0.15) is 146 Å². The van der Waals surface area contributed by atoms with Crippen molar-refractivity contribution in [3.63, 3.8) is 0 Å². The van der Waals surface area contributed by atoms with Crippen LogP contribution in [0, 0.1) is 29.6 Å². The van der Waals surface area contributed by atoms with Crippen molar-refractivity contribution < 1.29 is 33.2 Å². The van der Waals surface area contributed by atoms with E-state index in [1.807, 2.05) is 40.4 Å². The molecule has 0 radical (unpaired) electrons. The van der Waals surface area contributed by atoms with Gasteiger partial charge in [-0.2, -0.15) is 0 Å². The lowest BCUT2D eigenvalue weighted by atomic mass is 9.84. The lowest BCUT2D eigenvalue weighted by Crippen LogP contribution is -2.63. The number of nitrogens with zero attached hydrogens (tertiary/aromatic N) is 9. The predicted octanol–water partition coefficient (Wildman–Crippen LogP) is 8.28. The number of likely N-dealkylation sites (tertiary alicyclic amines) is 2. The zero-order valence-corrected chi connectivity index (χ0v) is 55.1. The van der Waals surface area contributed by atoms with Gasteiger partial charge in [-0.25, -0.2) is 5.43 Å². The number of hydrogen-bond donors (Lipinski definition) is 2. The number of esters is 1. The number of piperazine rings is 1. The van der Waals surface area contributed by atoms with Crippen molar-refractivity contribution in [3.8, 4) is 11.3 Å². The standard InChI is InChI=1S/C71H97N11O7S/c1-7-80-60-26-23-50-36-55(60)57(64(80)56-37-53(39-72-61(56)47(3)88-6)77-35-34-76-30-11-10-17-52(76)41-77)38-70(4,5)45-89-69(86)58-18-13-31-81(74-58)67(84)59(42-75-29-12-16-51(50)40-75)73-66(83)63(48-14-8-9-15-48)78-32-27-71(43-78)28-33-79(44-71)68(85)65-62(49-21-22-49)82(65)90(87)54-24-19-46(2)20-25-54/h16,19-20,23-26,36-37,39,47-49,52,58-59,62-63,65,74H,7-15,17-18,21-22,27-35,38,40-45H2,1-6H3,(H,73,83)/t47-,52+,58-,59-,62+,63-,65+,71-,82?,90+/m0/s1. The van der Waals surface area contributed by atoms with Crippen LogP contribution < -0.4 is 15.6 Å². The van der Waals surface area contributed by atoms with Crippen LogP contribution in [0.4, 0.5) is 5.69 Å². The first-order chi connectivity index (χ1) is 43.6. The van der Waals surface area contributed by atoms with Gasteiger partial charge in [-0.15, -0.1) is 4.31 Å². The molecule has 90 heavy (non-hydrogen) atoms. The summed E-state index contributed by atoms with van der Waals surface area (Å²) in [5, 5.41) is 6.20. The number of carbonyl (C=O) groups is 4. The number of cyclic esters (lactones) is 1. The molecular formula is C71H97N11O7S. The zero-order chi connectivity index (χ0) is 62.2. The van der Waals surface area contributed by atoms with Gasteiger partial charge < -0.3 is 33.7 Å². The number of aryl methyl sites for hydroxylation is 2. The molecule has 2 N–H and O–H groups in total. The smallest absolute Gasteiger partial charge is 0.324 e. The molecule has 484 valence electrons. The maximum Gasteiger partial charge on any atom is 0.324 e. The Morgan fingerprint density at radius 2 is 1.70 bits per heavy atom. The van der Waals surface area contributed by atoms with Crippen LogP contribution in [0.25, 0.3) is 27.7 Å². The number of methoxy groups -OCH3 is 1. The van der Waals surface area contributed by atoms with Crippen LogP contribution in [-0.4, -0.2) is 195 Å². The quantitative estimate of drug-likeness (QED) is 0.0744. The van der Waals surface area contributed by atoms with E-state index in [1.54, 1.807) is 12.1 Å². The summed E-state index contributed by atoms with van der Waals surface area (Å²) in [5.41, 5.74) is 12.7. The van der Waals surface area contributed by atoms with Crippen LogP contribution in [0.2, 0.25) is 0 Å². The highest BCUT2D eigenvalue weighted by atomic mass is 32.2. The van der Waals surface area contributed by atoms with Crippen LogP contribution in [0.3, 0.4) is 0 Å². The average Bonchev–Trinajstić information content (AvgIpc) is 1.59. The Morgan fingerprint density at radius 3 is 2.49 bits per heavy atom. The normalized spacial score (nSPS) is 30.5. The predicted molar refractivity (Wildman–Crippen MR) is 350 cm³/mol. The first kappa shape index (κ1) is 62.1. The van der Waals surface area contributed by atoms with Crippen molar-refractivity contribution in [3.05, 3.63) is 83.2 Å². The summed E-state index contributed by atoms with van der Waals surface area (Å²) in [6, 6.07) is 15.3. The Kier molecular flexibility index (Phi) is 17.6. The van der Waals surface area contributed by atoms with Gasteiger partial charge in [0, 0.05) is 112 Å². The van der Waals surface area contributed by atoms with Gasteiger partial charge in [0.1, 0.15) is 12.1 Å². The highest BCUT2D eigenvalue weighted by Gasteiger charge is 2.67. The molecule has 2 unspecified atom stereocenters. The van der Waals surface area contributed by atoms with Gasteiger partial charge >= 0.3 is 5.97 Å². The number of nitrogens with one attached hydrogen (secondary N) is 2. The van der Waals surface area contributed by atoms with E-state index in [2.05, 4.69) is 99.1 Å². The molecule has 8 aliphatic heterocycles. The fraction of sp³-hybridized carbons (Fsp3) is 0.648. The highest BCUT2D eigenvalue weighted by Crippen LogP contribution is 2.52. The molecule has 2 aromatic carbocycles. The van der Waals surface area contributed by atoms with Crippen molar-refractivity contribution in [1.82, 2.24) is 49.2 Å². The maximum absolute atomic E-state index is 15.6. The molecule has 6 bridgehead atoms. The number of amides is 3. The number of hydrazine groups is 1. The van der Waals surface area contributed by atoms with Crippen LogP contribution in [-0.2, 0) is 53.0 Å². The molecule has 1 spiro atoms. The Labute approximate surface area is 536 Å². The molecule has 4 aromatic rings. The molecular weight excluding hydrogens is 1150 g/mol. The van der Waals surface area contributed by atoms with Gasteiger partial charge in [0.2, 0.25) is 11.8 Å². The van der Waals surface area contributed by atoms with E-state index in [0.717, 1.165) is 147 Å². The summed E-state index contributed by atoms with van der Waals surface area (Å²) in [6.45, 7) is 20.6. The third-order valence-corrected chi connectivity index (χ3v) is 24.1. The third kappa shape index (κ3) is 12.3. The van der Waals surface area contributed by atoms with E-state index < -0.39 is 34.9 Å². The molecule has 11 atom stereocenters. The fourth-order valence-electron chi connectivity index (χ4n) is 17.3. The van der Waals surface area contributed by atoms with Gasteiger partial charge in [-0.3, -0.25) is 43.9 Å². The maximum atomic E-state index is 15.6. The Bertz CT molecular complexity index is 3380. The van der Waals surface area contributed by atoms with E-state index in [-0.39, 0.29) is 59.8 Å². The van der Waals surface area contributed by atoms with Gasteiger partial charge in [-0.1, -0.05) is 62.9 Å². The SMILES string of the molecule is CCn1c(-c2cc(N3CCN4CCCC[C@@H]4C3)cnc2[C@H](C)OC)c2c3cc(ccc31)C1=CCCN(C1)C[C@H](NC(=O)[C@H](C1CCCC1)N1CC[C@]3(CCN(C(=O)[C@H]4[C@@H](C5CC5)N4[S@+]([O-])c4ccc(C)cc4)C3)C1)C(=O)N1CCC[C@H](N1)C(=O)OCC(C)(C)C2. The number of fused-ring (bicyclic) bond motifs is 7. The second kappa shape index (κ2) is 25.5. The fourth-order valence-corrected chi connectivity index (χ4v) is 18.8. The molecule has 10 aliphatic rings. The molecule has 2 aromatic heterocycles. The van der Waals surface area contributed by atoms with Crippen LogP contribution >= 0.6 is 0 Å². The summed E-state index contributed by atoms with van der Waals surface area (Å²) in [6.07, 6.45) is 18.4. The molecule has 19 heteroatoms. The van der Waals surface area contributed by atoms with E-state index in [0.29, 0.717) is 70.5 Å². The van der Waals surface area contributed by atoms with E-state index in [1.165, 1.54) is 36.9 Å². The summed E-state index contributed by atoms with van der Waals surface area (Å²) >= 11 is -1.40. The largest absolute Gasteiger partial charge is 0.593 e. The number of rotatable bonds is 13. The molecule has 18 nitrogen and oxygen atoms in total. The molecule has 3 amide bonds. The number of ether oxygens (including phenoxy) is 2. The van der Waals surface area contributed by atoms with Gasteiger partial charge in [0.15, 0.2) is 10.9 Å². The molecule has 10 heterocycles. The molecule has 14 rings (SSSR count). The summed E-state index contributed by atoms with van der Waals surface area (Å²) in [5.74, 6) is -0.0971. The lowest BCUT2D eigenvalue weighted by Gasteiger charge is -2.45. The van der Waals surface area contributed by atoms with E-state index in [4.69, 9.17) is 14.5 Å². The summed E-state index contributed by atoms with van der Waals surface area (Å²) < 4.78 is 30.9. The summed E-state index contributed by atoms with van der Waals surface area (Å²) in [4.78, 5) is 78.0. The number of anilines is 1. The van der Waals surface area contributed by atoms with Crippen LogP contribution in [0.15, 0.2) is 65.7 Å². The molecule has 6 saturated heterocycles. The summed E-state index contributed by atoms with van der Waals surface area (Å²) in [7, 11) is 1.76. The Morgan fingerprint density at radius 1 is 0.900 bits per heavy atom. The zero-order valence-electron chi connectivity index (χ0n) is 54.3. The van der Waals surface area contributed by atoms with Crippen molar-refractivity contribution in [2.75, 3.05) is 97.2 Å². The average molecular weight is 1250 g/mol. The Hall–Kier alpha value is -5.38. The number of pyridine rings is 1. The minimum Gasteiger partial charge on any atom is -0.593 e. The molecule has 2 saturated carbocycles. The number of benzene rings is 2. The van der Waals surface area contributed by atoms with Gasteiger partial charge in [0.25, 0.3) is 5.91 Å². The Balaban J connectivity index is 0.743. The van der Waals surface area contributed by atoms with Gasteiger partial charge in [-0.05, 0) is 170 Å². The van der Waals surface area contributed by atoms with Crippen LogP contribution in [0.5, 0.6) is 0 Å². The molecule has 8 fully saturated rings. The monoisotopic (exact) mass is 1250 g/mol. The van der Waals surface area contributed by atoms with Crippen molar-refractivity contribution in [1.29, 1.82) is 0 Å². The van der Waals surface area contributed by atoms with Gasteiger partial charge in [0.05, 0.1) is 59.4 Å². The lowest BCUT2D eigenvalue weighted by molar-refractivity contribution is -0.155. The second-order valence-electron chi connectivity index (χ2n) is 29.4. The number of aromatic nitrogens is 2. The number of piperidine rings is 1. The second-order valence-corrected chi connectivity index (χ2v) is 30.8. The van der Waals surface area contributed by atoms with Crippen molar-refractivity contribution >= 4 is 57.2 Å². The highest BCUT2D eigenvalue weighted by molar-refractivity contribution is 7.89. The number of hydrogen-bond acceptors (Lipinski definition) is 14. The minimum atomic E-state index is -1.40. The third-order valence-electron chi connectivity index (χ3n) is 22.5. The first-order valence-electron chi connectivity index (χ1n) is 34.5. The van der Waals surface area contributed by atoms with Crippen molar-refractivity contribution in [2.24, 2.45) is 22.7 Å².